The highest BCUT2D eigenvalue weighted by atomic mass is 32.2. The number of nitrogens with zero attached hydrogens (tertiary/aromatic N) is 3. The molecule has 0 aliphatic carbocycles. The van der Waals surface area contributed by atoms with Gasteiger partial charge in [-0.1, -0.05) is 32.0 Å². The number of likely N-dealkylation sites (N-methyl/N-ethyl adjacent to an activating group) is 1. The van der Waals surface area contributed by atoms with Crippen LogP contribution in [0.2, 0.25) is 0 Å². The minimum Gasteiger partial charge on any atom is -0.381 e. The first-order valence-corrected chi connectivity index (χ1v) is 12.1. The molecule has 0 atom stereocenters. The molecule has 9 heteroatoms. The number of benzene rings is 1. The molecule has 0 radical (unpaired) electrons. The van der Waals surface area contributed by atoms with Crippen LogP contribution in [0, 0.1) is 5.92 Å². The number of ether oxygens (including phenoxy) is 1. The topological polar surface area (TPSA) is 86.3 Å². The third kappa shape index (κ3) is 7.54. The second-order valence-corrected chi connectivity index (χ2v) is 9.90. The number of hydrogen-bond donors (Lipinski definition) is 2. The van der Waals surface area contributed by atoms with Crippen LogP contribution in [0.5, 0.6) is 0 Å². The van der Waals surface area contributed by atoms with Gasteiger partial charge in [-0.15, -0.1) is 0 Å². The molecule has 0 aromatic heterocycles. The highest BCUT2D eigenvalue weighted by Gasteiger charge is 2.29. The number of guanidine groups is 1. The van der Waals surface area contributed by atoms with E-state index >= 15 is 0 Å². The van der Waals surface area contributed by atoms with Crippen molar-refractivity contribution < 1.29 is 13.2 Å². The van der Waals surface area contributed by atoms with E-state index in [1.54, 1.807) is 23.5 Å². The summed E-state index contributed by atoms with van der Waals surface area (Å²) in [5, 5.41) is 6.47. The normalized spacial score (nSPS) is 16.8. The van der Waals surface area contributed by atoms with Crippen molar-refractivity contribution in [2.45, 2.75) is 31.7 Å². The molecular formula is C21H37N5O3S. The van der Waals surface area contributed by atoms with E-state index in [1.165, 1.54) is 0 Å². The molecule has 170 valence electrons. The molecular weight excluding hydrogens is 402 g/mol. The number of rotatable bonds is 10. The molecule has 1 fully saturated rings. The van der Waals surface area contributed by atoms with Crippen LogP contribution in [0.1, 0.15) is 25.8 Å². The van der Waals surface area contributed by atoms with E-state index in [-0.39, 0.29) is 0 Å². The van der Waals surface area contributed by atoms with Crippen molar-refractivity contribution in [2.24, 2.45) is 10.9 Å². The monoisotopic (exact) mass is 439 g/mol. The summed E-state index contributed by atoms with van der Waals surface area (Å²) >= 11 is 0. The molecule has 8 nitrogen and oxygen atoms in total. The van der Waals surface area contributed by atoms with Gasteiger partial charge in [-0.2, -0.15) is 4.31 Å². The molecule has 2 rings (SSSR count). The molecule has 1 aliphatic rings. The van der Waals surface area contributed by atoms with Crippen LogP contribution < -0.4 is 10.6 Å². The van der Waals surface area contributed by atoms with Crippen LogP contribution in [0.25, 0.3) is 0 Å². The fraction of sp³-hybridized carbons (Fsp3) is 0.667. The molecule has 2 N–H and O–H groups in total. The Morgan fingerprint density at radius 3 is 2.53 bits per heavy atom. The van der Waals surface area contributed by atoms with Gasteiger partial charge in [0, 0.05) is 59.5 Å². The van der Waals surface area contributed by atoms with E-state index in [4.69, 9.17) is 4.74 Å². The number of aliphatic imine (C=N–C) groups is 1. The fourth-order valence-corrected chi connectivity index (χ4v) is 4.81. The summed E-state index contributed by atoms with van der Waals surface area (Å²) in [6.07, 6.45) is 0.877. The molecule has 0 saturated carbocycles. The second-order valence-electron chi connectivity index (χ2n) is 7.99. The van der Waals surface area contributed by atoms with Crippen LogP contribution in [0.15, 0.2) is 34.2 Å². The van der Waals surface area contributed by atoms with Gasteiger partial charge >= 0.3 is 0 Å². The largest absolute Gasteiger partial charge is 0.381 e. The molecule has 30 heavy (non-hydrogen) atoms. The summed E-state index contributed by atoms with van der Waals surface area (Å²) in [5.41, 5.74) is 0.736. The Hall–Kier alpha value is -1.68. The maximum absolute atomic E-state index is 13.2. The summed E-state index contributed by atoms with van der Waals surface area (Å²) < 4.78 is 33.5. The molecule has 0 spiro atoms. The van der Waals surface area contributed by atoms with Crippen molar-refractivity contribution in [1.29, 1.82) is 0 Å². The van der Waals surface area contributed by atoms with Crippen molar-refractivity contribution in [2.75, 3.05) is 60.0 Å². The predicted molar refractivity (Wildman–Crippen MR) is 121 cm³/mol. The van der Waals surface area contributed by atoms with Crippen molar-refractivity contribution in [3.05, 3.63) is 29.8 Å². The maximum atomic E-state index is 13.2. The standard InChI is InChI=1S/C21H37N5O3S/c1-18(2)17-29-15-7-10-23-21(22-3)24-16-19-8-5-6-9-20(19)30(27,28)26-13-11-25(4)12-14-26/h5-6,8-9,18H,7,10-17H2,1-4H3,(H2,22,23,24). The van der Waals surface area contributed by atoms with Gasteiger partial charge in [-0.05, 0) is 31.0 Å². The lowest BCUT2D eigenvalue weighted by atomic mass is 10.2. The van der Waals surface area contributed by atoms with E-state index < -0.39 is 10.0 Å². The zero-order valence-electron chi connectivity index (χ0n) is 18.7. The molecule has 0 amide bonds. The van der Waals surface area contributed by atoms with Crippen molar-refractivity contribution >= 4 is 16.0 Å². The van der Waals surface area contributed by atoms with Crippen LogP contribution in [-0.2, 0) is 21.3 Å². The zero-order chi connectivity index (χ0) is 22.0. The molecule has 1 saturated heterocycles. The maximum Gasteiger partial charge on any atom is 0.243 e. The Morgan fingerprint density at radius 2 is 1.87 bits per heavy atom. The third-order valence-electron chi connectivity index (χ3n) is 4.93. The SMILES string of the molecule is CN=C(NCCCOCC(C)C)NCc1ccccc1S(=O)(=O)N1CCN(C)CC1. The molecule has 1 aromatic rings. The Balaban J connectivity index is 1.91. The van der Waals surface area contributed by atoms with Crippen LogP contribution >= 0.6 is 0 Å². The molecule has 1 aromatic carbocycles. The molecule has 1 aliphatic heterocycles. The smallest absolute Gasteiger partial charge is 0.243 e. The third-order valence-corrected chi connectivity index (χ3v) is 6.93. The Bertz CT molecular complexity index is 775. The highest BCUT2D eigenvalue weighted by Crippen LogP contribution is 2.21. The summed E-state index contributed by atoms with van der Waals surface area (Å²) in [4.78, 5) is 6.73. The minimum atomic E-state index is -3.52. The summed E-state index contributed by atoms with van der Waals surface area (Å²) in [5.74, 6) is 1.18. The van der Waals surface area contributed by atoms with Gasteiger partial charge in [0.15, 0.2) is 5.96 Å². The lowest BCUT2D eigenvalue weighted by Crippen LogP contribution is -2.47. The summed E-state index contributed by atoms with van der Waals surface area (Å²) in [6, 6.07) is 7.18. The van der Waals surface area contributed by atoms with E-state index in [1.807, 2.05) is 19.2 Å². The number of piperazine rings is 1. The first kappa shape index (κ1) is 24.6. The quantitative estimate of drug-likeness (QED) is 0.325. The van der Waals surface area contributed by atoms with Gasteiger partial charge < -0.3 is 20.3 Å². The van der Waals surface area contributed by atoms with Gasteiger partial charge in [0.2, 0.25) is 10.0 Å². The van der Waals surface area contributed by atoms with Crippen LogP contribution in [0.3, 0.4) is 0 Å². The van der Waals surface area contributed by atoms with Crippen molar-refractivity contribution in [3.63, 3.8) is 0 Å². The molecule has 1 heterocycles. The Kier molecular flexibility index (Phi) is 10.0. The highest BCUT2D eigenvalue weighted by molar-refractivity contribution is 7.89. The average Bonchev–Trinajstić information content (AvgIpc) is 2.73. The lowest BCUT2D eigenvalue weighted by Gasteiger charge is -2.32. The van der Waals surface area contributed by atoms with Gasteiger partial charge in [-0.25, -0.2) is 8.42 Å². The van der Waals surface area contributed by atoms with Gasteiger partial charge in [0.1, 0.15) is 0 Å². The number of nitrogens with one attached hydrogen (secondary N) is 2. The first-order valence-electron chi connectivity index (χ1n) is 10.6. The number of hydrogen-bond acceptors (Lipinski definition) is 5. The predicted octanol–water partition coefficient (Wildman–Crippen LogP) is 1.35. The van der Waals surface area contributed by atoms with Gasteiger partial charge in [-0.3, -0.25) is 4.99 Å². The van der Waals surface area contributed by atoms with Gasteiger partial charge in [0.05, 0.1) is 4.90 Å². The lowest BCUT2D eigenvalue weighted by molar-refractivity contribution is 0.108. The minimum absolute atomic E-state index is 0.361. The molecule has 0 unspecified atom stereocenters. The van der Waals surface area contributed by atoms with Crippen molar-refractivity contribution in [3.8, 4) is 0 Å². The van der Waals surface area contributed by atoms with E-state index in [9.17, 15) is 8.42 Å². The van der Waals surface area contributed by atoms with Gasteiger partial charge in [0.25, 0.3) is 0 Å². The summed E-state index contributed by atoms with van der Waals surface area (Å²) in [7, 11) is 0.201. The first-order chi connectivity index (χ1) is 14.3. The Morgan fingerprint density at radius 1 is 1.17 bits per heavy atom. The summed E-state index contributed by atoms with van der Waals surface area (Å²) in [6.45, 7) is 9.38. The fourth-order valence-electron chi connectivity index (χ4n) is 3.17. The van der Waals surface area contributed by atoms with E-state index in [0.29, 0.717) is 43.0 Å². The van der Waals surface area contributed by atoms with Crippen LogP contribution in [-0.4, -0.2) is 83.6 Å². The zero-order valence-corrected chi connectivity index (χ0v) is 19.5. The average molecular weight is 440 g/mol. The van der Waals surface area contributed by atoms with E-state index in [0.717, 1.165) is 38.2 Å². The Labute approximate surface area is 181 Å². The second kappa shape index (κ2) is 12.2. The van der Waals surface area contributed by atoms with Crippen molar-refractivity contribution in [1.82, 2.24) is 19.8 Å². The number of sulfonamides is 1. The molecule has 0 bridgehead atoms. The van der Waals surface area contributed by atoms with E-state index in [2.05, 4.69) is 34.4 Å². The van der Waals surface area contributed by atoms with Crippen LogP contribution in [0.4, 0.5) is 0 Å².